The van der Waals surface area contributed by atoms with Gasteiger partial charge in [0.15, 0.2) is 5.82 Å². The third-order valence-electron chi connectivity index (χ3n) is 9.83. The SMILES string of the molecule is Fc1c(-c2c[nH]c3cccc(C(F)F)c23)ccc2c(N3CC4CCC(C3)N4)nc(OCC34CCCN3CCC4)nc12. The number of hydrogen-bond acceptors (Lipinski definition) is 6. The number of piperazine rings is 1. The number of halogens is 3. The molecule has 8 rings (SSSR count). The lowest BCUT2D eigenvalue weighted by atomic mass is 9.95. The van der Waals surface area contributed by atoms with Gasteiger partial charge in [0.05, 0.1) is 5.54 Å². The van der Waals surface area contributed by atoms with Crippen molar-refractivity contribution in [3.63, 3.8) is 0 Å². The fraction of sp³-hybridized carbons (Fsp3) is 0.484. The van der Waals surface area contributed by atoms with Gasteiger partial charge in [-0.2, -0.15) is 9.97 Å². The first kappa shape index (κ1) is 25.3. The number of nitrogens with zero attached hydrogens (tertiary/aromatic N) is 4. The smallest absolute Gasteiger partial charge is 0.319 e. The Balaban J connectivity index is 1.25. The second-order valence-electron chi connectivity index (χ2n) is 12.2. The number of fused-ring (bicyclic) bond motifs is 5. The zero-order valence-electron chi connectivity index (χ0n) is 22.8. The second kappa shape index (κ2) is 9.59. The highest BCUT2D eigenvalue weighted by Crippen LogP contribution is 2.41. The molecule has 41 heavy (non-hydrogen) atoms. The van der Waals surface area contributed by atoms with Crippen LogP contribution in [0.1, 0.15) is 50.5 Å². The molecule has 2 atom stereocenters. The predicted octanol–water partition coefficient (Wildman–Crippen LogP) is 5.80. The Labute approximate surface area is 236 Å². The zero-order chi connectivity index (χ0) is 27.7. The molecule has 2 aromatic carbocycles. The maximum absolute atomic E-state index is 16.6. The molecule has 2 bridgehead atoms. The van der Waals surface area contributed by atoms with Crippen LogP contribution < -0.4 is 15.0 Å². The maximum atomic E-state index is 16.6. The highest BCUT2D eigenvalue weighted by atomic mass is 19.3. The van der Waals surface area contributed by atoms with Gasteiger partial charge >= 0.3 is 6.01 Å². The van der Waals surface area contributed by atoms with E-state index in [-0.39, 0.29) is 28.2 Å². The van der Waals surface area contributed by atoms with E-state index in [1.165, 1.54) is 6.07 Å². The number of rotatable bonds is 6. The molecule has 10 heteroatoms. The number of benzene rings is 2. The van der Waals surface area contributed by atoms with Gasteiger partial charge in [0.25, 0.3) is 6.43 Å². The summed E-state index contributed by atoms with van der Waals surface area (Å²) in [5.41, 5.74) is 1.19. The number of ether oxygens (including phenoxy) is 1. The average Bonchev–Trinajstić information content (AvgIpc) is 3.75. The number of hydrogen-bond donors (Lipinski definition) is 2. The second-order valence-corrected chi connectivity index (χ2v) is 12.2. The lowest BCUT2D eigenvalue weighted by molar-refractivity contribution is 0.108. The standard InChI is InChI=1S/C31H33F3N6O/c32-26-20(23-14-35-24-5-1-4-21(25(23)24)28(33)34)8-9-22-27(26)37-30(41-17-31-10-2-12-40(31)13-3-11-31)38-29(22)39-15-18-6-7-19(16-39)36-18/h1,4-5,8-9,14,18-19,28,35-36H,2-3,6-7,10-13,15-17H2. The van der Waals surface area contributed by atoms with Crippen LogP contribution in [0.4, 0.5) is 19.0 Å². The van der Waals surface area contributed by atoms with E-state index in [0.29, 0.717) is 46.4 Å². The van der Waals surface area contributed by atoms with Gasteiger partial charge in [0.2, 0.25) is 0 Å². The molecule has 2 N–H and O–H groups in total. The van der Waals surface area contributed by atoms with Crippen molar-refractivity contribution in [2.24, 2.45) is 0 Å². The molecule has 4 aliphatic rings. The number of aromatic nitrogens is 3. The van der Waals surface area contributed by atoms with E-state index < -0.39 is 12.2 Å². The molecule has 4 fully saturated rings. The molecule has 0 radical (unpaired) electrons. The number of aromatic amines is 1. The van der Waals surface area contributed by atoms with Gasteiger partial charge in [-0.05, 0) is 63.7 Å². The minimum atomic E-state index is -2.68. The maximum Gasteiger partial charge on any atom is 0.319 e. The first-order valence-electron chi connectivity index (χ1n) is 14.8. The molecule has 4 aliphatic heterocycles. The van der Waals surface area contributed by atoms with E-state index >= 15 is 4.39 Å². The average molecular weight is 563 g/mol. The van der Waals surface area contributed by atoms with Crippen molar-refractivity contribution >= 4 is 27.6 Å². The van der Waals surface area contributed by atoms with Gasteiger partial charge in [0, 0.05) is 64.3 Å². The van der Waals surface area contributed by atoms with E-state index in [1.807, 2.05) is 6.07 Å². The summed E-state index contributed by atoms with van der Waals surface area (Å²) in [4.78, 5) is 17.3. The molecule has 214 valence electrons. The van der Waals surface area contributed by atoms with Gasteiger partial charge in [-0.25, -0.2) is 13.2 Å². The van der Waals surface area contributed by atoms with Gasteiger partial charge in [-0.15, -0.1) is 0 Å². The Hall–Kier alpha value is -3.37. The number of H-pyrrole nitrogens is 1. The van der Waals surface area contributed by atoms with Crippen molar-refractivity contribution in [3.8, 4) is 17.1 Å². The van der Waals surface area contributed by atoms with Crippen LogP contribution >= 0.6 is 0 Å². The van der Waals surface area contributed by atoms with Crippen molar-refractivity contribution < 1.29 is 17.9 Å². The monoisotopic (exact) mass is 562 g/mol. The molecule has 0 amide bonds. The number of anilines is 1. The van der Waals surface area contributed by atoms with Crippen LogP contribution in [0.25, 0.3) is 32.9 Å². The molecular weight excluding hydrogens is 529 g/mol. The lowest BCUT2D eigenvalue weighted by Crippen LogP contribution is -2.51. The normalized spacial score (nSPS) is 23.8. The Bertz CT molecular complexity index is 1620. The molecule has 0 spiro atoms. The Morgan fingerprint density at radius 3 is 2.54 bits per heavy atom. The molecule has 0 aliphatic carbocycles. The third kappa shape index (κ3) is 4.09. The van der Waals surface area contributed by atoms with Gasteiger partial charge in [-0.3, -0.25) is 4.90 Å². The summed E-state index contributed by atoms with van der Waals surface area (Å²) >= 11 is 0. The lowest BCUT2D eigenvalue weighted by Gasteiger charge is -2.34. The van der Waals surface area contributed by atoms with Crippen molar-refractivity contribution in [1.82, 2.24) is 25.2 Å². The van der Waals surface area contributed by atoms with Crippen LogP contribution in [0.3, 0.4) is 0 Å². The Kier molecular flexibility index (Phi) is 5.93. The van der Waals surface area contributed by atoms with Crippen molar-refractivity contribution in [3.05, 3.63) is 47.9 Å². The van der Waals surface area contributed by atoms with Gasteiger partial charge < -0.3 is 19.9 Å². The quantitative estimate of drug-likeness (QED) is 0.310. The Morgan fingerprint density at radius 1 is 1.00 bits per heavy atom. The minimum absolute atomic E-state index is 0.00272. The zero-order valence-corrected chi connectivity index (χ0v) is 22.8. The van der Waals surface area contributed by atoms with Crippen molar-refractivity contribution in [2.75, 3.05) is 37.7 Å². The van der Waals surface area contributed by atoms with E-state index in [2.05, 4.69) is 25.1 Å². The first-order chi connectivity index (χ1) is 20.0. The minimum Gasteiger partial charge on any atom is -0.461 e. The number of nitrogens with one attached hydrogen (secondary N) is 2. The van der Waals surface area contributed by atoms with Crippen LogP contribution in [0, 0.1) is 5.82 Å². The van der Waals surface area contributed by atoms with E-state index in [1.54, 1.807) is 24.4 Å². The molecule has 6 heterocycles. The van der Waals surface area contributed by atoms with E-state index in [4.69, 9.17) is 9.72 Å². The van der Waals surface area contributed by atoms with Gasteiger partial charge in [-0.1, -0.05) is 18.2 Å². The number of alkyl halides is 2. The van der Waals surface area contributed by atoms with Crippen LogP contribution in [0.15, 0.2) is 36.5 Å². The van der Waals surface area contributed by atoms with Gasteiger partial charge in [0.1, 0.15) is 17.9 Å². The van der Waals surface area contributed by atoms with E-state index in [0.717, 1.165) is 64.7 Å². The summed E-state index contributed by atoms with van der Waals surface area (Å²) in [5.74, 6) is 0.119. The summed E-state index contributed by atoms with van der Waals surface area (Å²) in [6.45, 7) is 4.21. The van der Waals surface area contributed by atoms with Crippen LogP contribution in [-0.2, 0) is 0 Å². The summed E-state index contributed by atoms with van der Waals surface area (Å²) in [6, 6.07) is 9.11. The van der Waals surface area contributed by atoms with Crippen LogP contribution in [-0.4, -0.2) is 70.3 Å². The molecule has 2 aromatic heterocycles. The Morgan fingerprint density at radius 2 is 1.78 bits per heavy atom. The fourth-order valence-corrected chi connectivity index (χ4v) is 7.88. The van der Waals surface area contributed by atoms with Crippen LogP contribution in [0.5, 0.6) is 6.01 Å². The summed E-state index contributed by atoms with van der Waals surface area (Å²) < 4.78 is 50.8. The summed E-state index contributed by atoms with van der Waals surface area (Å²) in [5, 5.41) is 4.58. The predicted molar refractivity (Wildman–Crippen MR) is 152 cm³/mol. The van der Waals surface area contributed by atoms with E-state index in [9.17, 15) is 8.78 Å². The highest BCUT2D eigenvalue weighted by molar-refractivity contribution is 6.01. The van der Waals surface area contributed by atoms with Crippen molar-refractivity contribution in [1.29, 1.82) is 0 Å². The highest BCUT2D eigenvalue weighted by Gasteiger charge is 2.45. The first-order valence-corrected chi connectivity index (χ1v) is 14.8. The van der Waals surface area contributed by atoms with Crippen LogP contribution in [0.2, 0.25) is 0 Å². The molecule has 0 saturated carbocycles. The molecule has 4 saturated heterocycles. The third-order valence-corrected chi connectivity index (χ3v) is 9.83. The summed E-state index contributed by atoms with van der Waals surface area (Å²) in [7, 11) is 0. The fourth-order valence-electron chi connectivity index (χ4n) is 7.88. The largest absolute Gasteiger partial charge is 0.461 e. The van der Waals surface area contributed by atoms with Crippen molar-refractivity contribution in [2.45, 2.75) is 62.6 Å². The molecular formula is C31H33F3N6O. The molecule has 2 unspecified atom stereocenters. The molecule has 4 aromatic rings. The molecule has 7 nitrogen and oxygen atoms in total. The summed E-state index contributed by atoms with van der Waals surface area (Å²) in [6.07, 6.45) is 5.61. The topological polar surface area (TPSA) is 69.3 Å².